The molecule has 68 heavy (non-hydrogen) atoms. The van der Waals surface area contributed by atoms with E-state index < -0.39 is 35.6 Å². The van der Waals surface area contributed by atoms with Crippen LogP contribution in [-0.4, -0.2) is 63.7 Å². The monoisotopic (exact) mass is 900 g/mol. The number of anilines is 1. The molecule has 11 heteroatoms. The molecule has 0 unspecified atom stereocenters. The maximum atomic E-state index is 12.5. The van der Waals surface area contributed by atoms with Gasteiger partial charge in [0.05, 0.1) is 33.2 Å². The van der Waals surface area contributed by atoms with Crippen LogP contribution in [-0.2, 0) is 27.2 Å². The van der Waals surface area contributed by atoms with Gasteiger partial charge in [0.15, 0.2) is 23.2 Å². The molecule has 1 saturated heterocycles. The van der Waals surface area contributed by atoms with Gasteiger partial charge in [-0.1, -0.05) is 176 Å². The Morgan fingerprint density at radius 1 is 0.574 bits per heavy atom. The van der Waals surface area contributed by atoms with Crippen LogP contribution in [0.2, 0.25) is 0 Å². The van der Waals surface area contributed by atoms with Gasteiger partial charge < -0.3 is 34.7 Å². The highest BCUT2D eigenvalue weighted by atomic mass is 16.6. The van der Waals surface area contributed by atoms with Gasteiger partial charge in [-0.05, 0) is 63.2 Å². The Labute approximate surface area is 396 Å². The maximum Gasteiger partial charge on any atom is 0.167 e. The Morgan fingerprint density at radius 2 is 1.04 bits per heavy atom. The van der Waals surface area contributed by atoms with Crippen LogP contribution in [0.15, 0.2) is 213 Å². The Kier molecular flexibility index (Phi) is 12.8. The molecular weight excluding hydrogens is 849 g/mol. The van der Waals surface area contributed by atoms with Gasteiger partial charge in [-0.15, -0.1) is 0 Å². The number of rotatable bonds is 17. The smallest absolute Gasteiger partial charge is 0.167 e. The van der Waals surface area contributed by atoms with Gasteiger partial charge in [-0.3, -0.25) is 4.57 Å². The van der Waals surface area contributed by atoms with Crippen LogP contribution in [0, 0.1) is 0 Å². The minimum absolute atomic E-state index is 0.0317. The summed E-state index contributed by atoms with van der Waals surface area (Å²) in [5.41, 5.74) is 5.82. The van der Waals surface area contributed by atoms with E-state index in [0.29, 0.717) is 23.5 Å². The molecule has 0 spiro atoms. The van der Waals surface area contributed by atoms with Crippen molar-refractivity contribution in [2.75, 3.05) is 26.1 Å². The van der Waals surface area contributed by atoms with Crippen molar-refractivity contribution >= 4 is 17.0 Å². The Hall–Kier alpha value is -7.67. The molecule has 1 fully saturated rings. The first kappa shape index (κ1) is 44.2. The summed E-state index contributed by atoms with van der Waals surface area (Å²) in [7, 11) is 3.32. The summed E-state index contributed by atoms with van der Waals surface area (Å²) in [6, 6.07) is 66.4. The number of nitrogens with zero attached hydrogens (tertiary/aromatic N) is 4. The summed E-state index contributed by atoms with van der Waals surface area (Å²) < 4.78 is 27.3. The summed E-state index contributed by atoms with van der Waals surface area (Å²) in [6.45, 7) is 0.511. The second kappa shape index (κ2) is 19.7. The van der Waals surface area contributed by atoms with Crippen molar-refractivity contribution in [3.05, 3.63) is 252 Å². The zero-order valence-corrected chi connectivity index (χ0v) is 37.8. The first-order chi connectivity index (χ1) is 33.5. The molecule has 340 valence electrons. The number of aromatic nitrogens is 4. The summed E-state index contributed by atoms with van der Waals surface area (Å²) in [5.74, 6) is 1.99. The van der Waals surface area contributed by atoms with Crippen molar-refractivity contribution in [1.82, 2.24) is 24.8 Å². The van der Waals surface area contributed by atoms with Gasteiger partial charge in [-0.2, -0.15) is 0 Å². The SMILES string of the molecule is COc1ccc(C(Nc2ncnc3c2ncn3[C@@H]2O[C@H](COC(c3ccccc3)(c3ccccc3)c3ccc(OC)cc3)[C@H](O)[C@H]2NCc2ccccc2)(c2ccccc2)c2ccccc2)cc1. The second-order valence-electron chi connectivity index (χ2n) is 16.8. The fourth-order valence-corrected chi connectivity index (χ4v) is 9.54. The number of hydrogen-bond donors (Lipinski definition) is 3. The minimum atomic E-state index is -1.08. The van der Waals surface area contributed by atoms with E-state index in [-0.39, 0.29) is 6.61 Å². The molecule has 2 aromatic heterocycles. The van der Waals surface area contributed by atoms with Crippen molar-refractivity contribution in [2.45, 2.75) is 42.2 Å². The molecule has 0 amide bonds. The maximum absolute atomic E-state index is 12.5. The number of benzene rings is 7. The third-order valence-electron chi connectivity index (χ3n) is 13.0. The van der Waals surface area contributed by atoms with Crippen LogP contribution in [0.25, 0.3) is 11.2 Å². The average Bonchev–Trinajstić information content (AvgIpc) is 3.99. The van der Waals surface area contributed by atoms with E-state index in [9.17, 15) is 5.11 Å². The summed E-state index contributed by atoms with van der Waals surface area (Å²) in [4.78, 5) is 14.7. The summed E-state index contributed by atoms with van der Waals surface area (Å²) in [6.07, 6.45) is 0.707. The van der Waals surface area contributed by atoms with E-state index in [1.165, 1.54) is 0 Å². The molecule has 11 nitrogen and oxygen atoms in total. The second-order valence-corrected chi connectivity index (χ2v) is 16.8. The van der Waals surface area contributed by atoms with Gasteiger partial charge in [0.25, 0.3) is 0 Å². The molecule has 0 aliphatic carbocycles. The van der Waals surface area contributed by atoms with E-state index in [1.54, 1.807) is 26.9 Å². The van der Waals surface area contributed by atoms with Crippen LogP contribution in [0.1, 0.15) is 45.2 Å². The number of aliphatic hydroxyl groups is 1. The number of imidazole rings is 1. The zero-order chi connectivity index (χ0) is 46.3. The lowest BCUT2D eigenvalue weighted by molar-refractivity contribution is -0.0932. The standard InChI is InChI=1S/C57H52N6O5/c1-65-47-32-28-43(29-33-47)56(41-20-10-4-11-21-41,42-22-12-5-13-23-42)62-53-51-54(60-38-59-53)63(39-61-51)55-50(58-36-40-18-8-3-9-19-40)52(64)49(68-55)37-67-57(44-24-14-6-15-25-44,45-26-16-7-17-27-45)46-30-34-48(66-2)35-31-46/h3-35,38-39,49-50,52,55,58,64H,36-37H2,1-2H3,(H,59,60,62)/t49-,50-,52+,55-/m1/s1. The molecule has 10 rings (SSSR count). The molecule has 0 bridgehead atoms. The lowest BCUT2D eigenvalue weighted by Crippen LogP contribution is -2.45. The normalized spacial score (nSPS) is 17.2. The third-order valence-corrected chi connectivity index (χ3v) is 13.0. The van der Waals surface area contributed by atoms with E-state index in [1.807, 2.05) is 132 Å². The Balaban J connectivity index is 1.05. The predicted octanol–water partition coefficient (Wildman–Crippen LogP) is 9.67. The fraction of sp³-hybridized carbons (Fsp3) is 0.175. The molecule has 0 radical (unpaired) electrons. The molecule has 1 aliphatic heterocycles. The van der Waals surface area contributed by atoms with Gasteiger partial charge >= 0.3 is 0 Å². The molecule has 9 aromatic rings. The highest BCUT2D eigenvalue weighted by molar-refractivity contribution is 5.84. The molecule has 1 aliphatic rings. The number of nitrogens with one attached hydrogen (secondary N) is 2. The quantitative estimate of drug-likeness (QED) is 0.0762. The zero-order valence-electron chi connectivity index (χ0n) is 37.8. The van der Waals surface area contributed by atoms with E-state index in [4.69, 9.17) is 33.9 Å². The van der Waals surface area contributed by atoms with Crippen LogP contribution >= 0.6 is 0 Å². The first-order valence-electron chi connectivity index (χ1n) is 22.7. The van der Waals surface area contributed by atoms with Crippen LogP contribution in [0.3, 0.4) is 0 Å². The molecule has 3 heterocycles. The third kappa shape index (κ3) is 8.37. The van der Waals surface area contributed by atoms with E-state index >= 15 is 0 Å². The van der Waals surface area contributed by atoms with Gasteiger partial charge in [0.1, 0.15) is 41.2 Å². The van der Waals surface area contributed by atoms with Crippen LogP contribution in [0.5, 0.6) is 11.5 Å². The summed E-state index contributed by atoms with van der Waals surface area (Å²) >= 11 is 0. The topological polar surface area (TPSA) is 125 Å². The van der Waals surface area contributed by atoms with Crippen molar-refractivity contribution in [3.8, 4) is 11.5 Å². The number of aliphatic hydroxyl groups excluding tert-OH is 1. The van der Waals surface area contributed by atoms with Crippen LogP contribution in [0.4, 0.5) is 5.82 Å². The van der Waals surface area contributed by atoms with Gasteiger partial charge in [-0.25, -0.2) is 15.0 Å². The number of hydrogen-bond acceptors (Lipinski definition) is 10. The summed E-state index contributed by atoms with van der Waals surface area (Å²) in [5, 5.41) is 20.0. The number of fused-ring (bicyclic) bond motifs is 1. The molecule has 0 saturated carbocycles. The van der Waals surface area contributed by atoms with E-state index in [2.05, 4.69) is 83.4 Å². The van der Waals surface area contributed by atoms with E-state index in [0.717, 1.165) is 50.4 Å². The molecule has 7 aromatic carbocycles. The number of methoxy groups -OCH3 is 2. The van der Waals surface area contributed by atoms with Crippen molar-refractivity contribution < 1.29 is 24.1 Å². The number of ether oxygens (including phenoxy) is 4. The fourth-order valence-electron chi connectivity index (χ4n) is 9.54. The average molecular weight is 901 g/mol. The lowest BCUT2D eigenvalue weighted by atomic mass is 9.77. The van der Waals surface area contributed by atoms with Gasteiger partial charge in [0.2, 0.25) is 0 Å². The lowest BCUT2D eigenvalue weighted by Gasteiger charge is -2.37. The van der Waals surface area contributed by atoms with Crippen molar-refractivity contribution in [3.63, 3.8) is 0 Å². The highest BCUT2D eigenvalue weighted by Gasteiger charge is 2.48. The largest absolute Gasteiger partial charge is 0.497 e. The molecular formula is C57H52N6O5. The Morgan fingerprint density at radius 3 is 1.57 bits per heavy atom. The Bertz CT molecular complexity index is 2940. The first-order valence-corrected chi connectivity index (χ1v) is 22.7. The predicted molar refractivity (Wildman–Crippen MR) is 263 cm³/mol. The molecule has 4 atom stereocenters. The molecule has 3 N–H and O–H groups in total. The van der Waals surface area contributed by atoms with Crippen molar-refractivity contribution in [1.29, 1.82) is 0 Å². The van der Waals surface area contributed by atoms with Gasteiger partial charge in [0, 0.05) is 6.54 Å². The highest BCUT2D eigenvalue weighted by Crippen LogP contribution is 2.44. The van der Waals surface area contributed by atoms with Crippen molar-refractivity contribution in [2.24, 2.45) is 0 Å². The van der Waals surface area contributed by atoms with Crippen LogP contribution < -0.4 is 20.1 Å². The minimum Gasteiger partial charge on any atom is -0.497 e.